The third-order valence-corrected chi connectivity index (χ3v) is 2.35. The molecule has 1 saturated carbocycles. The van der Waals surface area contributed by atoms with Crippen LogP contribution in [0.2, 0.25) is 0 Å². The van der Waals surface area contributed by atoms with Crippen molar-refractivity contribution in [2.45, 2.75) is 31.3 Å². The maximum absolute atomic E-state index is 5.89. The average Bonchev–Trinajstić information content (AvgIpc) is 2.55. The predicted molar refractivity (Wildman–Crippen MR) is 40.9 cm³/mol. The molecule has 2 atom stereocenters. The van der Waals surface area contributed by atoms with Crippen molar-refractivity contribution in [2.75, 3.05) is 0 Å². The Balaban J connectivity index is 2.16. The van der Waals surface area contributed by atoms with Crippen LogP contribution in [0.4, 0.5) is 0 Å². The maximum atomic E-state index is 5.89. The summed E-state index contributed by atoms with van der Waals surface area (Å²) in [5.41, 5.74) is 5.89. The van der Waals surface area contributed by atoms with Gasteiger partial charge in [0.2, 0.25) is 0 Å². The Morgan fingerprint density at radius 2 is 2.00 bits per heavy atom. The van der Waals surface area contributed by atoms with Crippen LogP contribution in [0.1, 0.15) is 25.3 Å². The van der Waals surface area contributed by atoms with Gasteiger partial charge in [-0.25, -0.2) is 0 Å². The lowest BCUT2D eigenvalue weighted by atomic mass is 10.2. The molecule has 1 aromatic rings. The molecule has 60 valence electrons. The van der Waals surface area contributed by atoms with Crippen molar-refractivity contribution in [3.05, 3.63) is 12.7 Å². The van der Waals surface area contributed by atoms with Crippen molar-refractivity contribution in [2.24, 2.45) is 5.73 Å². The second-order valence-electron chi connectivity index (χ2n) is 3.07. The van der Waals surface area contributed by atoms with Crippen LogP contribution in [0.5, 0.6) is 0 Å². The minimum absolute atomic E-state index is 0.297. The van der Waals surface area contributed by atoms with Crippen LogP contribution in [-0.4, -0.2) is 20.8 Å². The fourth-order valence-electron chi connectivity index (χ4n) is 1.72. The standard InChI is InChI=1S/C7H12N4/c8-6-2-1-3-7(6)11-4-9-10-5-11/h4-7H,1-3,8H2/t6-,7+/m0/s1. The van der Waals surface area contributed by atoms with E-state index >= 15 is 0 Å². The van der Waals surface area contributed by atoms with E-state index in [1.54, 1.807) is 12.7 Å². The summed E-state index contributed by atoms with van der Waals surface area (Å²) in [4.78, 5) is 0. The van der Waals surface area contributed by atoms with Gasteiger partial charge in [0.1, 0.15) is 12.7 Å². The third kappa shape index (κ3) is 1.14. The fraction of sp³-hybridized carbons (Fsp3) is 0.714. The molecule has 1 aromatic heterocycles. The van der Waals surface area contributed by atoms with E-state index in [9.17, 15) is 0 Å². The third-order valence-electron chi connectivity index (χ3n) is 2.35. The van der Waals surface area contributed by atoms with Gasteiger partial charge in [-0.3, -0.25) is 0 Å². The maximum Gasteiger partial charge on any atom is 0.119 e. The molecule has 0 saturated heterocycles. The first-order chi connectivity index (χ1) is 5.38. The van der Waals surface area contributed by atoms with Gasteiger partial charge in [-0.2, -0.15) is 0 Å². The predicted octanol–water partition coefficient (Wildman–Crippen LogP) is 0.330. The average molecular weight is 152 g/mol. The molecule has 4 nitrogen and oxygen atoms in total. The van der Waals surface area contributed by atoms with E-state index in [0.717, 1.165) is 6.42 Å². The summed E-state index contributed by atoms with van der Waals surface area (Å²) in [6.07, 6.45) is 7.01. The van der Waals surface area contributed by atoms with Crippen LogP contribution in [0, 0.1) is 0 Å². The molecule has 0 aliphatic heterocycles. The molecule has 1 aliphatic carbocycles. The van der Waals surface area contributed by atoms with Gasteiger partial charge in [0.15, 0.2) is 0 Å². The topological polar surface area (TPSA) is 56.7 Å². The van der Waals surface area contributed by atoms with Crippen molar-refractivity contribution < 1.29 is 0 Å². The highest BCUT2D eigenvalue weighted by molar-refractivity contribution is 4.86. The molecule has 2 N–H and O–H groups in total. The minimum Gasteiger partial charge on any atom is -0.326 e. The number of nitrogens with two attached hydrogens (primary N) is 1. The Kier molecular flexibility index (Phi) is 1.62. The van der Waals surface area contributed by atoms with Crippen molar-refractivity contribution >= 4 is 0 Å². The monoisotopic (exact) mass is 152 g/mol. The first-order valence-electron chi connectivity index (χ1n) is 3.97. The second kappa shape index (κ2) is 2.62. The smallest absolute Gasteiger partial charge is 0.119 e. The van der Waals surface area contributed by atoms with Gasteiger partial charge in [0.05, 0.1) is 6.04 Å². The van der Waals surface area contributed by atoms with E-state index in [1.165, 1.54) is 12.8 Å². The normalized spacial score (nSPS) is 31.0. The summed E-state index contributed by atoms with van der Waals surface area (Å²) in [6, 6.07) is 0.732. The van der Waals surface area contributed by atoms with E-state index in [2.05, 4.69) is 10.2 Å². The Hall–Kier alpha value is -0.900. The number of aromatic nitrogens is 3. The zero-order chi connectivity index (χ0) is 7.68. The van der Waals surface area contributed by atoms with E-state index in [4.69, 9.17) is 5.73 Å². The van der Waals surface area contributed by atoms with Gasteiger partial charge >= 0.3 is 0 Å². The molecule has 0 unspecified atom stereocenters. The van der Waals surface area contributed by atoms with Crippen LogP contribution in [0.3, 0.4) is 0 Å². The van der Waals surface area contributed by atoms with Crippen LogP contribution in [0.15, 0.2) is 12.7 Å². The van der Waals surface area contributed by atoms with Crippen LogP contribution < -0.4 is 5.73 Å². The molecule has 0 aromatic carbocycles. The number of rotatable bonds is 1. The lowest BCUT2D eigenvalue weighted by Crippen LogP contribution is -2.26. The van der Waals surface area contributed by atoms with Crippen molar-refractivity contribution in [1.29, 1.82) is 0 Å². The quantitative estimate of drug-likeness (QED) is 0.631. The molecule has 1 heterocycles. The number of hydrogen-bond acceptors (Lipinski definition) is 3. The summed E-state index contributed by atoms with van der Waals surface area (Å²) in [5, 5.41) is 7.52. The first kappa shape index (κ1) is 6.79. The Morgan fingerprint density at radius 1 is 1.27 bits per heavy atom. The second-order valence-corrected chi connectivity index (χ2v) is 3.07. The minimum atomic E-state index is 0.297. The van der Waals surface area contributed by atoms with Crippen LogP contribution in [-0.2, 0) is 0 Å². The summed E-state index contributed by atoms with van der Waals surface area (Å²) < 4.78 is 2.01. The zero-order valence-electron chi connectivity index (χ0n) is 6.35. The highest BCUT2D eigenvalue weighted by Crippen LogP contribution is 2.27. The lowest BCUT2D eigenvalue weighted by Gasteiger charge is -2.15. The summed E-state index contributed by atoms with van der Waals surface area (Å²) >= 11 is 0. The fourth-order valence-corrected chi connectivity index (χ4v) is 1.72. The zero-order valence-corrected chi connectivity index (χ0v) is 6.35. The highest BCUT2D eigenvalue weighted by Gasteiger charge is 2.24. The van der Waals surface area contributed by atoms with Gasteiger partial charge in [-0.1, -0.05) is 0 Å². The van der Waals surface area contributed by atoms with Gasteiger partial charge in [-0.15, -0.1) is 10.2 Å². The summed E-state index contributed by atoms with van der Waals surface area (Å²) in [6.45, 7) is 0. The SMILES string of the molecule is N[C@H]1CCC[C@H]1n1cnnc1. The molecular weight excluding hydrogens is 140 g/mol. The molecular formula is C7H12N4. The van der Waals surface area contributed by atoms with Gasteiger partial charge < -0.3 is 10.3 Å². The largest absolute Gasteiger partial charge is 0.326 e. The van der Waals surface area contributed by atoms with Gasteiger partial charge in [0.25, 0.3) is 0 Å². The van der Waals surface area contributed by atoms with Crippen LogP contribution >= 0.6 is 0 Å². The highest BCUT2D eigenvalue weighted by atomic mass is 15.2. The molecule has 0 bridgehead atoms. The molecule has 11 heavy (non-hydrogen) atoms. The van der Waals surface area contributed by atoms with E-state index < -0.39 is 0 Å². The van der Waals surface area contributed by atoms with Crippen LogP contribution in [0.25, 0.3) is 0 Å². The molecule has 0 amide bonds. The molecule has 1 aliphatic rings. The van der Waals surface area contributed by atoms with Crippen molar-refractivity contribution in [1.82, 2.24) is 14.8 Å². The van der Waals surface area contributed by atoms with E-state index in [1.807, 2.05) is 4.57 Å². The molecule has 2 rings (SSSR count). The molecule has 4 heteroatoms. The first-order valence-corrected chi connectivity index (χ1v) is 3.97. The summed E-state index contributed by atoms with van der Waals surface area (Å²) in [5.74, 6) is 0. The molecule has 1 fully saturated rings. The van der Waals surface area contributed by atoms with Gasteiger partial charge in [0, 0.05) is 6.04 Å². The van der Waals surface area contributed by atoms with Crippen molar-refractivity contribution in [3.8, 4) is 0 Å². The number of hydrogen-bond donors (Lipinski definition) is 1. The van der Waals surface area contributed by atoms with E-state index in [-0.39, 0.29) is 0 Å². The summed E-state index contributed by atoms with van der Waals surface area (Å²) in [7, 11) is 0. The van der Waals surface area contributed by atoms with Gasteiger partial charge in [-0.05, 0) is 19.3 Å². The Bertz CT molecular complexity index is 218. The molecule has 0 spiro atoms. The van der Waals surface area contributed by atoms with E-state index in [0.29, 0.717) is 12.1 Å². The Morgan fingerprint density at radius 3 is 2.55 bits per heavy atom. The lowest BCUT2D eigenvalue weighted by molar-refractivity contribution is 0.460. The number of nitrogens with zero attached hydrogens (tertiary/aromatic N) is 3. The molecule has 0 radical (unpaired) electrons. The van der Waals surface area contributed by atoms with Crippen molar-refractivity contribution in [3.63, 3.8) is 0 Å². The Labute approximate surface area is 65.4 Å².